The molecule has 0 saturated heterocycles. The summed E-state index contributed by atoms with van der Waals surface area (Å²) in [6.07, 6.45) is 3.48. The van der Waals surface area contributed by atoms with Gasteiger partial charge in [-0.3, -0.25) is 0 Å². The lowest BCUT2D eigenvalue weighted by atomic mass is 10.2. The van der Waals surface area contributed by atoms with Crippen molar-refractivity contribution in [1.29, 1.82) is 0 Å². The smallest absolute Gasteiger partial charge is 0.335 e. The maximum absolute atomic E-state index is 11.8. The third kappa shape index (κ3) is 4.33. The number of nitrogens with two attached hydrogens (primary N) is 1. The summed E-state index contributed by atoms with van der Waals surface area (Å²) in [4.78, 5) is 11.8. The second kappa shape index (κ2) is 7.41. The number of ether oxygens (including phenoxy) is 2. The molecular weight excluding hydrogens is 230 g/mol. The number of unbranched alkanes of at least 4 members (excludes halogenated alkanes) is 1. The van der Waals surface area contributed by atoms with Crippen molar-refractivity contribution in [3.05, 3.63) is 11.3 Å². The van der Waals surface area contributed by atoms with Crippen LogP contribution in [0.3, 0.4) is 0 Å². The van der Waals surface area contributed by atoms with Gasteiger partial charge in [0.1, 0.15) is 0 Å². The van der Waals surface area contributed by atoms with E-state index < -0.39 is 0 Å². The zero-order valence-corrected chi connectivity index (χ0v) is 11.7. The van der Waals surface area contributed by atoms with Crippen LogP contribution in [-0.2, 0) is 14.3 Å². The second-order valence-electron chi connectivity index (χ2n) is 5.18. The molecule has 0 aromatic carbocycles. The van der Waals surface area contributed by atoms with Gasteiger partial charge in [-0.15, -0.1) is 0 Å². The fourth-order valence-corrected chi connectivity index (χ4v) is 1.86. The normalized spacial score (nSPS) is 19.7. The Labute approximate surface area is 110 Å². The molecule has 1 aliphatic carbocycles. The van der Waals surface area contributed by atoms with Gasteiger partial charge in [0.25, 0.3) is 0 Å². The van der Waals surface area contributed by atoms with Crippen molar-refractivity contribution in [1.82, 2.24) is 0 Å². The minimum Gasteiger partial charge on any atom is -0.462 e. The number of hydrogen-bond acceptors (Lipinski definition) is 4. The van der Waals surface area contributed by atoms with Gasteiger partial charge in [0.05, 0.1) is 18.3 Å². The van der Waals surface area contributed by atoms with E-state index in [1.165, 1.54) is 0 Å². The molecule has 0 aliphatic heterocycles. The molecule has 0 heterocycles. The van der Waals surface area contributed by atoms with E-state index >= 15 is 0 Å². The minimum absolute atomic E-state index is 0.0989. The Hall–Kier alpha value is -1.03. The summed E-state index contributed by atoms with van der Waals surface area (Å²) in [6, 6.07) is 0. The topological polar surface area (TPSA) is 61.5 Å². The molecule has 1 unspecified atom stereocenters. The lowest BCUT2D eigenvalue weighted by Gasteiger charge is -2.13. The monoisotopic (exact) mass is 255 g/mol. The van der Waals surface area contributed by atoms with Crippen molar-refractivity contribution < 1.29 is 14.3 Å². The predicted octanol–water partition coefficient (Wildman–Crippen LogP) is 2.38. The summed E-state index contributed by atoms with van der Waals surface area (Å²) in [5.41, 5.74) is 7.14. The third-order valence-electron chi connectivity index (χ3n) is 2.96. The largest absolute Gasteiger partial charge is 0.462 e. The van der Waals surface area contributed by atoms with E-state index in [0.29, 0.717) is 36.8 Å². The first-order valence-electron chi connectivity index (χ1n) is 6.83. The molecule has 0 spiro atoms. The van der Waals surface area contributed by atoms with Crippen LogP contribution >= 0.6 is 0 Å². The van der Waals surface area contributed by atoms with E-state index in [2.05, 4.69) is 6.92 Å². The maximum atomic E-state index is 11.8. The van der Waals surface area contributed by atoms with E-state index in [4.69, 9.17) is 15.2 Å². The molecule has 104 valence electrons. The Morgan fingerprint density at radius 3 is 2.83 bits per heavy atom. The van der Waals surface area contributed by atoms with Crippen molar-refractivity contribution in [3.8, 4) is 0 Å². The first-order chi connectivity index (χ1) is 8.56. The molecule has 1 atom stereocenters. The van der Waals surface area contributed by atoms with Gasteiger partial charge in [-0.2, -0.15) is 0 Å². The lowest BCUT2D eigenvalue weighted by Crippen LogP contribution is -2.20. The van der Waals surface area contributed by atoms with Crippen LogP contribution in [0.5, 0.6) is 0 Å². The lowest BCUT2D eigenvalue weighted by molar-refractivity contribution is -0.140. The summed E-state index contributed by atoms with van der Waals surface area (Å²) < 4.78 is 10.9. The van der Waals surface area contributed by atoms with E-state index in [-0.39, 0.29) is 12.1 Å². The Morgan fingerprint density at radius 2 is 2.22 bits per heavy atom. The van der Waals surface area contributed by atoms with Crippen LogP contribution in [0.15, 0.2) is 11.3 Å². The van der Waals surface area contributed by atoms with Crippen LogP contribution in [0.2, 0.25) is 0 Å². The highest BCUT2D eigenvalue weighted by atomic mass is 16.5. The van der Waals surface area contributed by atoms with Gasteiger partial charge in [-0.1, -0.05) is 27.2 Å². The van der Waals surface area contributed by atoms with Gasteiger partial charge in [0, 0.05) is 12.3 Å². The highest BCUT2D eigenvalue weighted by molar-refractivity contribution is 5.90. The molecular formula is C14H25NO3. The molecule has 0 bridgehead atoms. The van der Waals surface area contributed by atoms with Gasteiger partial charge < -0.3 is 15.2 Å². The van der Waals surface area contributed by atoms with Gasteiger partial charge in [0.2, 0.25) is 0 Å². The first-order valence-corrected chi connectivity index (χ1v) is 6.83. The van der Waals surface area contributed by atoms with Crippen molar-refractivity contribution in [2.24, 2.45) is 11.7 Å². The van der Waals surface area contributed by atoms with Crippen LogP contribution in [-0.4, -0.2) is 25.3 Å². The van der Waals surface area contributed by atoms with Crippen molar-refractivity contribution in [2.75, 3.05) is 13.2 Å². The molecule has 1 rings (SSSR count). The summed E-state index contributed by atoms with van der Waals surface area (Å²) in [5.74, 6) is 0.0663. The molecule has 0 radical (unpaired) electrons. The van der Waals surface area contributed by atoms with E-state index in [1.54, 1.807) is 0 Å². The zero-order valence-electron chi connectivity index (χ0n) is 11.7. The SMILES string of the molecule is CCCCOC1CCC(C(=O)OCC(C)C)=C1N. The Balaban J connectivity index is 2.47. The molecule has 4 nitrogen and oxygen atoms in total. The van der Waals surface area contributed by atoms with Crippen LogP contribution in [0, 0.1) is 5.92 Å². The van der Waals surface area contributed by atoms with Gasteiger partial charge in [0.15, 0.2) is 0 Å². The van der Waals surface area contributed by atoms with Crippen LogP contribution in [0.25, 0.3) is 0 Å². The fourth-order valence-electron chi connectivity index (χ4n) is 1.86. The zero-order chi connectivity index (χ0) is 13.5. The third-order valence-corrected chi connectivity index (χ3v) is 2.96. The molecule has 0 amide bonds. The average Bonchev–Trinajstić information content (AvgIpc) is 2.68. The number of hydrogen-bond donors (Lipinski definition) is 1. The molecule has 2 N–H and O–H groups in total. The highest BCUT2D eigenvalue weighted by Crippen LogP contribution is 2.26. The number of rotatable bonds is 7. The number of carbonyl (C=O) groups excluding carboxylic acids is 1. The summed E-state index contributed by atoms with van der Waals surface area (Å²) in [6.45, 7) is 7.28. The standard InChI is InChI=1S/C14H25NO3/c1-4-5-8-17-12-7-6-11(13(12)15)14(16)18-9-10(2)3/h10,12H,4-9,15H2,1-3H3. The maximum Gasteiger partial charge on any atom is 0.335 e. The van der Waals surface area contributed by atoms with E-state index in [1.807, 2.05) is 13.8 Å². The van der Waals surface area contributed by atoms with Crippen molar-refractivity contribution >= 4 is 5.97 Å². The van der Waals surface area contributed by atoms with Gasteiger partial charge in [-0.25, -0.2) is 4.79 Å². The second-order valence-corrected chi connectivity index (χ2v) is 5.18. The predicted molar refractivity (Wildman–Crippen MR) is 70.9 cm³/mol. The van der Waals surface area contributed by atoms with Crippen LogP contribution in [0.4, 0.5) is 0 Å². The van der Waals surface area contributed by atoms with Crippen molar-refractivity contribution in [2.45, 2.75) is 52.6 Å². The van der Waals surface area contributed by atoms with Crippen molar-refractivity contribution in [3.63, 3.8) is 0 Å². The molecule has 4 heteroatoms. The summed E-state index contributed by atoms with van der Waals surface area (Å²) in [7, 11) is 0. The van der Waals surface area contributed by atoms with Crippen LogP contribution in [0.1, 0.15) is 46.5 Å². The highest BCUT2D eigenvalue weighted by Gasteiger charge is 2.29. The van der Waals surface area contributed by atoms with Gasteiger partial charge >= 0.3 is 5.97 Å². The first kappa shape index (κ1) is 15.0. The Bertz CT molecular complexity index is 310. The van der Waals surface area contributed by atoms with Crippen LogP contribution < -0.4 is 5.73 Å². The molecule has 0 saturated carbocycles. The summed E-state index contributed by atoms with van der Waals surface area (Å²) >= 11 is 0. The van der Waals surface area contributed by atoms with Gasteiger partial charge in [-0.05, 0) is 25.2 Å². The minimum atomic E-state index is -0.275. The summed E-state index contributed by atoms with van der Waals surface area (Å²) in [5, 5.41) is 0. The molecule has 0 aromatic rings. The van der Waals surface area contributed by atoms with E-state index in [9.17, 15) is 4.79 Å². The fraction of sp³-hybridized carbons (Fsp3) is 0.786. The Kier molecular flexibility index (Phi) is 6.19. The number of esters is 1. The molecule has 1 aliphatic rings. The molecule has 0 aromatic heterocycles. The molecule has 0 fully saturated rings. The average molecular weight is 255 g/mol. The van der Waals surface area contributed by atoms with E-state index in [0.717, 1.165) is 19.3 Å². The Morgan fingerprint density at radius 1 is 1.50 bits per heavy atom. The number of carbonyl (C=O) groups is 1. The molecule has 18 heavy (non-hydrogen) atoms. The quantitative estimate of drug-likeness (QED) is 0.560.